The van der Waals surface area contributed by atoms with Crippen LogP contribution in [-0.2, 0) is 9.53 Å². The zero-order valence-corrected chi connectivity index (χ0v) is 13.4. The molecule has 0 aliphatic heterocycles. The molecule has 0 saturated carbocycles. The second kappa shape index (κ2) is 7.55. The predicted molar refractivity (Wildman–Crippen MR) is 85.2 cm³/mol. The number of amides is 1. The van der Waals surface area contributed by atoms with Crippen LogP contribution in [0.25, 0.3) is 0 Å². The second-order valence-corrected chi connectivity index (χ2v) is 6.48. The monoisotopic (exact) mass is 296 g/mol. The minimum Gasteiger partial charge on any atom is -0.382 e. The highest BCUT2D eigenvalue weighted by atomic mass is 32.2. The highest BCUT2D eigenvalue weighted by Gasteiger charge is 2.20. The smallest absolute Gasteiger partial charge is 0.227 e. The second-order valence-electron chi connectivity index (χ2n) is 5.46. The van der Waals surface area contributed by atoms with Crippen molar-refractivity contribution < 1.29 is 9.53 Å². The Morgan fingerprint density at radius 3 is 2.70 bits per heavy atom. The molecule has 3 N–H and O–H groups in total. The number of anilines is 1. The van der Waals surface area contributed by atoms with Crippen LogP contribution in [0.2, 0.25) is 0 Å². The van der Waals surface area contributed by atoms with Crippen LogP contribution < -0.4 is 11.1 Å². The van der Waals surface area contributed by atoms with E-state index in [1.807, 2.05) is 24.3 Å². The lowest BCUT2D eigenvalue weighted by Gasteiger charge is -2.28. The summed E-state index contributed by atoms with van der Waals surface area (Å²) in [6.45, 7) is 6.26. The molecule has 0 aromatic heterocycles. The van der Waals surface area contributed by atoms with Crippen molar-refractivity contribution in [2.45, 2.75) is 43.7 Å². The Kier molecular flexibility index (Phi) is 6.36. The Balaban J connectivity index is 2.69. The highest BCUT2D eigenvalue weighted by Crippen LogP contribution is 2.28. The van der Waals surface area contributed by atoms with Crippen molar-refractivity contribution >= 4 is 23.4 Å². The van der Waals surface area contributed by atoms with E-state index in [-0.39, 0.29) is 23.3 Å². The standard InChI is InChI=1S/C15H24N2O2S/c1-11(9-15(2,3)19-4)17-12-7-5-6-8-13(12)20-10-14(16)18/h5-8,11,17H,9-10H2,1-4H3,(H2,16,18). The van der Waals surface area contributed by atoms with E-state index < -0.39 is 0 Å². The number of nitrogens with one attached hydrogen (secondary N) is 1. The number of thioether (sulfide) groups is 1. The van der Waals surface area contributed by atoms with Gasteiger partial charge in [-0.15, -0.1) is 11.8 Å². The molecule has 0 bridgehead atoms. The number of carbonyl (C=O) groups excluding carboxylic acids is 1. The third-order valence-corrected chi connectivity index (χ3v) is 4.11. The van der Waals surface area contributed by atoms with E-state index in [2.05, 4.69) is 26.1 Å². The van der Waals surface area contributed by atoms with Crippen LogP contribution in [0, 0.1) is 0 Å². The number of hydrogen-bond donors (Lipinski definition) is 2. The summed E-state index contributed by atoms with van der Waals surface area (Å²) in [6.07, 6.45) is 0.887. The van der Waals surface area contributed by atoms with E-state index in [0.29, 0.717) is 0 Å². The summed E-state index contributed by atoms with van der Waals surface area (Å²) in [5.41, 5.74) is 6.06. The van der Waals surface area contributed by atoms with Gasteiger partial charge in [0.25, 0.3) is 0 Å². The van der Waals surface area contributed by atoms with Gasteiger partial charge in [0.2, 0.25) is 5.91 Å². The van der Waals surface area contributed by atoms with Gasteiger partial charge in [0.15, 0.2) is 0 Å². The van der Waals surface area contributed by atoms with Crippen LogP contribution in [0.5, 0.6) is 0 Å². The maximum absolute atomic E-state index is 10.9. The van der Waals surface area contributed by atoms with Crippen LogP contribution in [0.15, 0.2) is 29.2 Å². The van der Waals surface area contributed by atoms with Crippen LogP contribution in [0.4, 0.5) is 5.69 Å². The van der Waals surface area contributed by atoms with Gasteiger partial charge in [-0.1, -0.05) is 12.1 Å². The number of methoxy groups -OCH3 is 1. The van der Waals surface area contributed by atoms with Crippen LogP contribution in [-0.4, -0.2) is 30.4 Å². The Bertz CT molecular complexity index is 449. The average Bonchev–Trinajstić information content (AvgIpc) is 2.37. The van der Waals surface area contributed by atoms with Crippen molar-refractivity contribution in [2.24, 2.45) is 5.73 Å². The van der Waals surface area contributed by atoms with E-state index in [9.17, 15) is 4.79 Å². The molecule has 0 spiro atoms. The fourth-order valence-electron chi connectivity index (χ4n) is 2.00. The summed E-state index contributed by atoms with van der Waals surface area (Å²) in [5, 5.41) is 3.47. The molecule has 1 aromatic rings. The number of nitrogens with two attached hydrogens (primary N) is 1. The zero-order valence-electron chi connectivity index (χ0n) is 12.6. The fourth-order valence-corrected chi connectivity index (χ4v) is 2.75. The maximum atomic E-state index is 10.9. The molecule has 1 rings (SSSR count). The molecule has 4 nitrogen and oxygen atoms in total. The lowest BCUT2D eigenvalue weighted by atomic mass is 10.00. The molecule has 0 radical (unpaired) electrons. The molecule has 0 saturated heterocycles. The quantitative estimate of drug-likeness (QED) is 0.724. The fraction of sp³-hybridized carbons (Fsp3) is 0.533. The normalized spacial score (nSPS) is 13.0. The van der Waals surface area contributed by atoms with E-state index in [0.717, 1.165) is 17.0 Å². The van der Waals surface area contributed by atoms with Crippen molar-refractivity contribution in [3.05, 3.63) is 24.3 Å². The average molecular weight is 296 g/mol. The number of para-hydroxylation sites is 1. The molecule has 1 unspecified atom stereocenters. The van der Waals surface area contributed by atoms with Crippen LogP contribution in [0.1, 0.15) is 27.2 Å². The van der Waals surface area contributed by atoms with Crippen molar-refractivity contribution in [3.8, 4) is 0 Å². The summed E-state index contributed by atoms with van der Waals surface area (Å²) >= 11 is 1.45. The van der Waals surface area contributed by atoms with Gasteiger partial charge in [-0.05, 0) is 39.3 Å². The summed E-state index contributed by atoms with van der Waals surface area (Å²) in [6, 6.07) is 8.20. The minimum atomic E-state index is -0.307. The molecule has 112 valence electrons. The SMILES string of the molecule is COC(C)(C)CC(C)Nc1ccccc1SCC(N)=O. The highest BCUT2D eigenvalue weighted by molar-refractivity contribution is 8.00. The number of carbonyl (C=O) groups is 1. The molecule has 5 heteroatoms. The third-order valence-electron chi connectivity index (χ3n) is 3.01. The molecule has 1 amide bonds. The molecule has 0 fully saturated rings. The summed E-state index contributed by atoms with van der Waals surface area (Å²) in [4.78, 5) is 11.9. The number of ether oxygens (including phenoxy) is 1. The lowest BCUT2D eigenvalue weighted by molar-refractivity contribution is -0.115. The van der Waals surface area contributed by atoms with Gasteiger partial charge >= 0.3 is 0 Å². The number of rotatable bonds is 8. The Morgan fingerprint density at radius 2 is 2.10 bits per heavy atom. The number of benzene rings is 1. The predicted octanol–water partition coefficient (Wildman–Crippen LogP) is 2.88. The molecular formula is C15H24N2O2S. The molecular weight excluding hydrogens is 272 g/mol. The van der Waals surface area contributed by atoms with Gasteiger partial charge in [0, 0.05) is 23.7 Å². The lowest BCUT2D eigenvalue weighted by Crippen LogP contribution is -2.31. The minimum absolute atomic E-state index is 0.165. The van der Waals surface area contributed by atoms with Gasteiger partial charge < -0.3 is 15.8 Å². The van der Waals surface area contributed by atoms with Gasteiger partial charge in [-0.3, -0.25) is 4.79 Å². The molecule has 20 heavy (non-hydrogen) atoms. The topological polar surface area (TPSA) is 64.3 Å². The van der Waals surface area contributed by atoms with E-state index in [1.54, 1.807) is 7.11 Å². The van der Waals surface area contributed by atoms with Crippen molar-refractivity contribution in [2.75, 3.05) is 18.2 Å². The van der Waals surface area contributed by atoms with E-state index in [4.69, 9.17) is 10.5 Å². The number of hydrogen-bond acceptors (Lipinski definition) is 4. The summed E-state index contributed by atoms with van der Waals surface area (Å²) in [5.74, 6) is -0.0187. The van der Waals surface area contributed by atoms with Crippen LogP contribution in [0.3, 0.4) is 0 Å². The summed E-state index contributed by atoms with van der Waals surface area (Å²) < 4.78 is 5.45. The van der Waals surface area contributed by atoms with Gasteiger partial charge in [-0.2, -0.15) is 0 Å². The molecule has 0 heterocycles. The van der Waals surface area contributed by atoms with Crippen molar-refractivity contribution in [3.63, 3.8) is 0 Å². The zero-order chi connectivity index (χ0) is 15.2. The first-order valence-electron chi connectivity index (χ1n) is 6.66. The van der Waals surface area contributed by atoms with Gasteiger partial charge in [0.05, 0.1) is 11.4 Å². The first kappa shape index (κ1) is 16.9. The summed E-state index contributed by atoms with van der Waals surface area (Å²) in [7, 11) is 1.73. The van der Waals surface area contributed by atoms with Crippen molar-refractivity contribution in [1.82, 2.24) is 0 Å². The largest absolute Gasteiger partial charge is 0.382 e. The van der Waals surface area contributed by atoms with E-state index >= 15 is 0 Å². The first-order valence-corrected chi connectivity index (χ1v) is 7.64. The van der Waals surface area contributed by atoms with Crippen molar-refractivity contribution in [1.29, 1.82) is 0 Å². The molecule has 1 aromatic carbocycles. The first-order chi connectivity index (χ1) is 9.34. The molecule has 1 atom stereocenters. The van der Waals surface area contributed by atoms with E-state index in [1.165, 1.54) is 11.8 Å². The Hall–Kier alpha value is -1.20. The Morgan fingerprint density at radius 1 is 1.45 bits per heavy atom. The molecule has 0 aliphatic carbocycles. The molecule has 0 aliphatic rings. The Labute approximate surface area is 125 Å². The third kappa shape index (κ3) is 5.84. The van der Waals surface area contributed by atoms with Gasteiger partial charge in [0.1, 0.15) is 0 Å². The van der Waals surface area contributed by atoms with Crippen LogP contribution >= 0.6 is 11.8 Å². The van der Waals surface area contributed by atoms with Gasteiger partial charge in [-0.25, -0.2) is 0 Å². The number of primary amides is 1. The maximum Gasteiger partial charge on any atom is 0.227 e.